The summed E-state index contributed by atoms with van der Waals surface area (Å²) in [5.74, 6) is 0. The van der Waals surface area contributed by atoms with Crippen LogP contribution in [0.5, 0.6) is 0 Å². The van der Waals surface area contributed by atoms with Crippen LogP contribution < -0.4 is 0 Å². The van der Waals surface area contributed by atoms with Crippen LogP contribution in [-0.4, -0.2) is 4.98 Å². The van der Waals surface area contributed by atoms with Gasteiger partial charge in [-0.1, -0.05) is 15.9 Å². The van der Waals surface area contributed by atoms with Crippen LogP contribution in [-0.2, 0) is 6.42 Å². The first kappa shape index (κ1) is 11.5. The lowest BCUT2D eigenvalue weighted by Gasteiger charge is -2.05. The van der Waals surface area contributed by atoms with Gasteiger partial charge < -0.3 is 0 Å². The molecule has 1 rings (SSSR count). The molecule has 14 heavy (non-hydrogen) atoms. The minimum Gasteiger partial charge on any atom is -0.240 e. The fraction of sp³-hybridized carbons (Fsp3) is 0.250. The maximum atomic E-state index is 12.3. The van der Waals surface area contributed by atoms with Crippen molar-refractivity contribution in [1.82, 2.24) is 4.98 Å². The monoisotopic (exact) mass is 324 g/mol. The van der Waals surface area contributed by atoms with Crippen molar-refractivity contribution in [2.45, 2.75) is 12.8 Å². The molecule has 1 aromatic heterocycles. The number of halogens is 4. The molecule has 0 aliphatic carbocycles. The van der Waals surface area contributed by atoms with Gasteiger partial charge in [-0.05, 0) is 22.0 Å². The minimum atomic E-state index is -2.61. The van der Waals surface area contributed by atoms with E-state index in [1.54, 1.807) is 0 Å². The van der Waals surface area contributed by atoms with Crippen molar-refractivity contribution < 1.29 is 8.78 Å². The topological polar surface area (TPSA) is 36.7 Å². The van der Waals surface area contributed by atoms with Gasteiger partial charge >= 0.3 is 0 Å². The Bertz CT molecular complexity index is 364. The van der Waals surface area contributed by atoms with E-state index >= 15 is 0 Å². The molecule has 0 aliphatic heterocycles. The SMILES string of the molecule is N#CCc1c(Br)cc(C(F)F)nc1Br. The lowest BCUT2D eigenvalue weighted by atomic mass is 10.2. The van der Waals surface area contributed by atoms with E-state index in [0.29, 0.717) is 10.0 Å². The zero-order valence-corrected chi connectivity index (χ0v) is 9.94. The summed E-state index contributed by atoms with van der Waals surface area (Å²) < 4.78 is 25.3. The van der Waals surface area contributed by atoms with Gasteiger partial charge in [0.25, 0.3) is 6.43 Å². The van der Waals surface area contributed by atoms with Crippen molar-refractivity contribution in [3.05, 3.63) is 26.4 Å². The van der Waals surface area contributed by atoms with Crippen molar-refractivity contribution in [2.75, 3.05) is 0 Å². The molecule has 0 unspecified atom stereocenters. The van der Waals surface area contributed by atoms with E-state index in [2.05, 4.69) is 36.8 Å². The highest BCUT2D eigenvalue weighted by Crippen LogP contribution is 2.28. The fourth-order valence-electron chi connectivity index (χ4n) is 0.877. The second-order valence-electron chi connectivity index (χ2n) is 2.43. The Kier molecular flexibility index (Phi) is 3.96. The maximum absolute atomic E-state index is 12.3. The highest BCUT2D eigenvalue weighted by molar-refractivity contribution is 9.11. The van der Waals surface area contributed by atoms with Gasteiger partial charge in [0.05, 0.1) is 12.5 Å². The molecule has 0 radical (unpaired) electrons. The maximum Gasteiger partial charge on any atom is 0.280 e. The van der Waals surface area contributed by atoms with Crippen LogP contribution in [0.4, 0.5) is 8.78 Å². The second-order valence-corrected chi connectivity index (χ2v) is 4.04. The average Bonchev–Trinajstić information content (AvgIpc) is 2.10. The Hall–Kier alpha value is -0.540. The first-order valence-corrected chi connectivity index (χ1v) is 5.14. The van der Waals surface area contributed by atoms with Crippen LogP contribution in [0.2, 0.25) is 0 Å². The van der Waals surface area contributed by atoms with Gasteiger partial charge in [0.15, 0.2) is 0 Å². The molecule has 0 atom stereocenters. The first-order valence-electron chi connectivity index (χ1n) is 3.56. The highest BCUT2D eigenvalue weighted by Gasteiger charge is 2.14. The molecule has 2 nitrogen and oxygen atoms in total. The summed E-state index contributed by atoms with van der Waals surface area (Å²) in [6.07, 6.45) is -2.49. The zero-order chi connectivity index (χ0) is 10.7. The summed E-state index contributed by atoms with van der Waals surface area (Å²) in [7, 11) is 0. The molecule has 0 saturated carbocycles. The summed E-state index contributed by atoms with van der Waals surface area (Å²) in [4.78, 5) is 3.64. The molecule has 1 heterocycles. The number of aromatic nitrogens is 1. The summed E-state index contributed by atoms with van der Waals surface area (Å²) in [5.41, 5.74) is 0.266. The van der Waals surface area contributed by atoms with Gasteiger partial charge in [0, 0.05) is 10.0 Å². The van der Waals surface area contributed by atoms with E-state index in [9.17, 15) is 8.78 Å². The van der Waals surface area contributed by atoms with Gasteiger partial charge in [0.1, 0.15) is 10.3 Å². The number of hydrogen-bond acceptors (Lipinski definition) is 2. The van der Waals surface area contributed by atoms with Crippen molar-refractivity contribution in [3.63, 3.8) is 0 Å². The molecule has 0 spiro atoms. The highest BCUT2D eigenvalue weighted by atomic mass is 79.9. The molecule has 74 valence electrons. The van der Waals surface area contributed by atoms with E-state index in [0.717, 1.165) is 0 Å². The van der Waals surface area contributed by atoms with E-state index in [1.165, 1.54) is 6.07 Å². The standard InChI is InChI=1S/C8H4Br2F2N2/c9-5-3-6(8(11)12)14-7(10)4(5)1-2-13/h3,8H,1H2. The zero-order valence-electron chi connectivity index (χ0n) is 6.77. The van der Waals surface area contributed by atoms with Crippen LogP contribution in [0.25, 0.3) is 0 Å². The van der Waals surface area contributed by atoms with Crippen molar-refractivity contribution in [3.8, 4) is 6.07 Å². The number of rotatable bonds is 2. The Morgan fingerprint density at radius 1 is 1.50 bits per heavy atom. The summed E-state index contributed by atoms with van der Waals surface area (Å²) in [5, 5.41) is 8.48. The number of nitriles is 1. The van der Waals surface area contributed by atoms with Gasteiger partial charge in [-0.15, -0.1) is 0 Å². The molecule has 1 aromatic rings. The average molecular weight is 326 g/mol. The molecule has 0 fully saturated rings. The van der Waals surface area contributed by atoms with E-state index in [1.807, 2.05) is 6.07 Å². The number of nitrogens with zero attached hydrogens (tertiary/aromatic N) is 2. The quantitative estimate of drug-likeness (QED) is 0.779. The normalized spacial score (nSPS) is 10.3. The lowest BCUT2D eigenvalue weighted by molar-refractivity contribution is 0.146. The summed E-state index contributed by atoms with van der Waals surface area (Å²) >= 11 is 6.15. The summed E-state index contributed by atoms with van der Waals surface area (Å²) in [6, 6.07) is 3.15. The smallest absolute Gasteiger partial charge is 0.240 e. The molecular weight excluding hydrogens is 322 g/mol. The molecule has 0 N–H and O–H groups in total. The lowest BCUT2D eigenvalue weighted by Crippen LogP contribution is -1.96. The molecule has 0 amide bonds. The third-order valence-electron chi connectivity index (χ3n) is 1.52. The number of hydrogen-bond donors (Lipinski definition) is 0. The molecule has 6 heteroatoms. The number of pyridine rings is 1. The predicted molar refractivity (Wildman–Crippen MR) is 53.9 cm³/mol. The Morgan fingerprint density at radius 3 is 2.57 bits per heavy atom. The minimum absolute atomic E-state index is 0.123. The molecule has 0 aromatic carbocycles. The molecule has 0 saturated heterocycles. The van der Waals surface area contributed by atoms with E-state index in [4.69, 9.17) is 5.26 Å². The second kappa shape index (κ2) is 4.80. The Morgan fingerprint density at radius 2 is 2.14 bits per heavy atom. The van der Waals surface area contributed by atoms with Crippen LogP contribution in [0.3, 0.4) is 0 Å². The summed E-state index contributed by atoms with van der Waals surface area (Å²) in [6.45, 7) is 0. The molecule has 0 bridgehead atoms. The van der Waals surface area contributed by atoms with Crippen molar-refractivity contribution in [2.24, 2.45) is 0 Å². The Labute approximate surface area is 96.2 Å². The van der Waals surface area contributed by atoms with E-state index < -0.39 is 6.43 Å². The largest absolute Gasteiger partial charge is 0.280 e. The van der Waals surface area contributed by atoms with Gasteiger partial charge in [0.2, 0.25) is 0 Å². The Balaban J connectivity index is 3.19. The predicted octanol–water partition coefficient (Wildman–Crippen LogP) is 3.61. The van der Waals surface area contributed by atoms with Gasteiger partial charge in [-0.2, -0.15) is 5.26 Å². The van der Waals surface area contributed by atoms with Crippen LogP contribution >= 0.6 is 31.9 Å². The van der Waals surface area contributed by atoms with Crippen molar-refractivity contribution in [1.29, 1.82) is 5.26 Å². The molecule has 0 aliphatic rings. The van der Waals surface area contributed by atoms with Crippen LogP contribution in [0.15, 0.2) is 15.1 Å². The van der Waals surface area contributed by atoms with Crippen LogP contribution in [0.1, 0.15) is 17.7 Å². The first-order chi connectivity index (χ1) is 6.56. The third kappa shape index (κ3) is 2.49. The van der Waals surface area contributed by atoms with E-state index in [-0.39, 0.29) is 16.7 Å². The van der Waals surface area contributed by atoms with Crippen molar-refractivity contribution >= 4 is 31.9 Å². The van der Waals surface area contributed by atoms with Gasteiger partial charge in [-0.3, -0.25) is 0 Å². The fourth-order valence-corrected chi connectivity index (χ4v) is 2.26. The van der Waals surface area contributed by atoms with Gasteiger partial charge in [-0.25, -0.2) is 13.8 Å². The number of alkyl halides is 2. The molecular formula is C8H4Br2F2N2. The third-order valence-corrected chi connectivity index (χ3v) is 2.88. The van der Waals surface area contributed by atoms with Crippen LogP contribution in [0, 0.1) is 11.3 Å².